The van der Waals surface area contributed by atoms with Gasteiger partial charge in [-0.1, -0.05) is 23.8 Å². The molecule has 0 spiro atoms. The minimum Gasteiger partial charge on any atom is -0.146 e. The van der Waals surface area contributed by atoms with Gasteiger partial charge in [0.15, 0.2) is 0 Å². The van der Waals surface area contributed by atoms with E-state index in [2.05, 4.69) is 92.6 Å². The minimum atomic E-state index is 1.35. The summed E-state index contributed by atoms with van der Waals surface area (Å²) in [5.74, 6) is 0. The van der Waals surface area contributed by atoms with Crippen molar-refractivity contribution >= 4 is 22.7 Å². The predicted octanol–water partition coefficient (Wildman–Crippen LogP) is 7.96. The van der Waals surface area contributed by atoms with Gasteiger partial charge in [-0.25, -0.2) is 0 Å². The van der Waals surface area contributed by atoms with E-state index in [1.165, 1.54) is 47.3 Å². The molecule has 0 amide bonds. The molecule has 0 aliphatic rings. The van der Waals surface area contributed by atoms with Crippen LogP contribution in [0.25, 0.3) is 0 Å². The summed E-state index contributed by atoms with van der Waals surface area (Å²) in [5.41, 5.74) is 6.95. The maximum absolute atomic E-state index is 2.22. The smallest absolute Gasteiger partial charge is 0.00462 e. The first-order chi connectivity index (χ1) is 11.6. The molecular formula is C23H32S2. The Kier molecular flexibility index (Phi) is 8.61. The van der Waals surface area contributed by atoms with Crippen molar-refractivity contribution in [3.8, 4) is 0 Å². The van der Waals surface area contributed by atoms with E-state index < -0.39 is 0 Å². The van der Waals surface area contributed by atoms with E-state index in [1.54, 1.807) is 0 Å². The summed E-state index contributed by atoms with van der Waals surface area (Å²) in [6, 6.07) is 10.9. The zero-order chi connectivity index (χ0) is 19.1. The van der Waals surface area contributed by atoms with E-state index in [9.17, 15) is 0 Å². The monoisotopic (exact) mass is 372 g/mol. The van der Waals surface area contributed by atoms with Crippen LogP contribution >= 0.6 is 22.7 Å². The molecule has 0 unspecified atom stereocenters. The fourth-order valence-corrected chi connectivity index (χ4v) is 4.28. The molecule has 0 atom stereocenters. The zero-order valence-corrected chi connectivity index (χ0v) is 18.8. The molecule has 25 heavy (non-hydrogen) atoms. The molecule has 2 heteroatoms. The first kappa shape index (κ1) is 21.7. The molecule has 0 radical (unpaired) electrons. The highest BCUT2D eigenvalue weighted by atomic mass is 32.1. The molecule has 3 aromatic rings. The summed E-state index contributed by atoms with van der Waals surface area (Å²) in [4.78, 5) is 5.73. The van der Waals surface area contributed by atoms with Crippen LogP contribution < -0.4 is 0 Å². The summed E-state index contributed by atoms with van der Waals surface area (Å²) in [6.07, 6.45) is 0. The number of thiophene rings is 2. The van der Waals surface area contributed by atoms with Gasteiger partial charge in [0.2, 0.25) is 0 Å². The summed E-state index contributed by atoms with van der Waals surface area (Å²) >= 11 is 3.74. The minimum absolute atomic E-state index is 1.35. The van der Waals surface area contributed by atoms with Gasteiger partial charge < -0.3 is 0 Å². The van der Waals surface area contributed by atoms with Gasteiger partial charge >= 0.3 is 0 Å². The Morgan fingerprint density at radius 1 is 0.480 bits per heavy atom. The van der Waals surface area contributed by atoms with Crippen LogP contribution in [0.4, 0.5) is 0 Å². The third-order valence-electron chi connectivity index (χ3n) is 4.24. The molecule has 1 aromatic carbocycles. The molecule has 0 nitrogen and oxygen atoms in total. The van der Waals surface area contributed by atoms with Gasteiger partial charge in [0, 0.05) is 19.5 Å². The van der Waals surface area contributed by atoms with Gasteiger partial charge in [-0.3, -0.25) is 0 Å². The highest BCUT2D eigenvalue weighted by Gasteiger charge is 1.94. The molecule has 3 rings (SSSR count). The number of hydrogen-bond acceptors (Lipinski definition) is 2. The lowest BCUT2D eigenvalue weighted by molar-refractivity contribution is 1.30. The van der Waals surface area contributed by atoms with Crippen molar-refractivity contribution in [2.24, 2.45) is 0 Å². The molecular weight excluding hydrogens is 340 g/mol. The summed E-state index contributed by atoms with van der Waals surface area (Å²) in [5, 5.41) is 0. The Morgan fingerprint density at radius 2 is 0.920 bits per heavy atom. The molecule has 136 valence electrons. The summed E-state index contributed by atoms with van der Waals surface area (Å²) in [6.45, 7) is 19.3. The Balaban J connectivity index is 0.000000188. The van der Waals surface area contributed by atoms with E-state index in [0.29, 0.717) is 0 Å². The van der Waals surface area contributed by atoms with Gasteiger partial charge in [-0.05, 0) is 96.7 Å². The quantitative estimate of drug-likeness (QED) is 0.375. The predicted molar refractivity (Wildman–Crippen MR) is 118 cm³/mol. The third-order valence-corrected chi connectivity index (χ3v) is 6.38. The average molecular weight is 373 g/mol. The largest absolute Gasteiger partial charge is 0.146 e. The molecule has 2 heterocycles. The molecule has 0 fully saturated rings. The summed E-state index contributed by atoms with van der Waals surface area (Å²) < 4.78 is 0. The SMILES string of the molecule is Cc1cc(C)c(C)s1.Cc1cc(C)c(C)s1.Cc1ccc(C)c(C)c1. The molecule has 0 saturated carbocycles. The molecule has 0 saturated heterocycles. The van der Waals surface area contributed by atoms with Crippen LogP contribution in [-0.4, -0.2) is 0 Å². The Hall–Kier alpha value is -1.38. The van der Waals surface area contributed by atoms with Crippen molar-refractivity contribution in [3.63, 3.8) is 0 Å². The van der Waals surface area contributed by atoms with Crippen molar-refractivity contribution in [3.05, 3.63) is 77.7 Å². The maximum Gasteiger partial charge on any atom is 0.00462 e. The van der Waals surface area contributed by atoms with Crippen molar-refractivity contribution in [1.82, 2.24) is 0 Å². The van der Waals surface area contributed by atoms with Crippen LogP contribution in [0.1, 0.15) is 47.3 Å². The van der Waals surface area contributed by atoms with Crippen molar-refractivity contribution in [2.45, 2.75) is 62.3 Å². The van der Waals surface area contributed by atoms with E-state index >= 15 is 0 Å². The van der Waals surface area contributed by atoms with Crippen molar-refractivity contribution in [2.75, 3.05) is 0 Å². The molecule has 2 aromatic heterocycles. The maximum atomic E-state index is 2.22. The third kappa shape index (κ3) is 7.58. The van der Waals surface area contributed by atoms with E-state index in [0.717, 1.165) is 0 Å². The first-order valence-corrected chi connectivity index (χ1v) is 10.3. The van der Waals surface area contributed by atoms with E-state index in [-0.39, 0.29) is 0 Å². The van der Waals surface area contributed by atoms with E-state index in [4.69, 9.17) is 0 Å². The van der Waals surface area contributed by atoms with Crippen LogP contribution in [0.5, 0.6) is 0 Å². The lowest BCUT2D eigenvalue weighted by Gasteiger charge is -1.98. The van der Waals surface area contributed by atoms with Gasteiger partial charge in [0.1, 0.15) is 0 Å². The summed E-state index contributed by atoms with van der Waals surface area (Å²) in [7, 11) is 0. The van der Waals surface area contributed by atoms with Crippen LogP contribution in [-0.2, 0) is 0 Å². The van der Waals surface area contributed by atoms with Crippen molar-refractivity contribution in [1.29, 1.82) is 0 Å². The number of aryl methyl sites for hydroxylation is 9. The normalized spacial score (nSPS) is 9.80. The van der Waals surface area contributed by atoms with E-state index in [1.807, 2.05) is 22.7 Å². The molecule has 0 bridgehead atoms. The van der Waals surface area contributed by atoms with Crippen LogP contribution in [0.2, 0.25) is 0 Å². The fourth-order valence-electron chi connectivity index (χ4n) is 2.41. The average Bonchev–Trinajstić information content (AvgIpc) is 2.96. The lowest BCUT2D eigenvalue weighted by Crippen LogP contribution is -1.79. The van der Waals surface area contributed by atoms with Gasteiger partial charge in [-0.2, -0.15) is 0 Å². The second kappa shape index (κ2) is 9.94. The second-order valence-electron chi connectivity index (χ2n) is 6.78. The standard InChI is InChI=1S/C9H12.2C7H10S/c1-7-4-5-8(2)9(3)6-7;2*1-5-4-6(2)8-7(5)3/h4-6H,1-3H3;2*4H,1-3H3. The first-order valence-electron chi connectivity index (χ1n) is 8.71. The Bertz CT molecular complexity index is 720. The molecule has 0 aliphatic carbocycles. The molecule has 0 N–H and O–H groups in total. The number of hydrogen-bond donors (Lipinski definition) is 0. The highest BCUT2D eigenvalue weighted by molar-refractivity contribution is 7.12. The second-order valence-corrected chi connectivity index (χ2v) is 9.70. The van der Waals surface area contributed by atoms with Gasteiger partial charge in [0.25, 0.3) is 0 Å². The fraction of sp³-hybridized carbons (Fsp3) is 0.391. The van der Waals surface area contributed by atoms with Gasteiger partial charge in [0.05, 0.1) is 0 Å². The highest BCUT2D eigenvalue weighted by Crippen LogP contribution is 2.19. The van der Waals surface area contributed by atoms with Crippen LogP contribution in [0, 0.1) is 62.3 Å². The van der Waals surface area contributed by atoms with Crippen molar-refractivity contribution < 1.29 is 0 Å². The van der Waals surface area contributed by atoms with Crippen LogP contribution in [0.15, 0.2) is 30.3 Å². The Labute approximate surface area is 162 Å². The number of benzene rings is 1. The van der Waals surface area contributed by atoms with Gasteiger partial charge in [-0.15, -0.1) is 22.7 Å². The Morgan fingerprint density at radius 3 is 1.12 bits per heavy atom. The lowest BCUT2D eigenvalue weighted by atomic mass is 10.1. The topological polar surface area (TPSA) is 0 Å². The van der Waals surface area contributed by atoms with Crippen LogP contribution in [0.3, 0.4) is 0 Å². The zero-order valence-electron chi connectivity index (χ0n) is 17.2. The molecule has 0 aliphatic heterocycles. The number of rotatable bonds is 0.